The lowest BCUT2D eigenvalue weighted by Crippen LogP contribution is -2.59. The van der Waals surface area contributed by atoms with Gasteiger partial charge in [-0.1, -0.05) is 35.9 Å². The lowest BCUT2D eigenvalue weighted by Gasteiger charge is -2.43. The highest BCUT2D eigenvalue weighted by Gasteiger charge is 2.39. The predicted molar refractivity (Wildman–Crippen MR) is 117 cm³/mol. The van der Waals surface area contributed by atoms with Crippen molar-refractivity contribution in [2.45, 2.75) is 43.7 Å². The Hall–Kier alpha value is -2.42. The Morgan fingerprint density at radius 2 is 1.61 bits per heavy atom. The number of nitrogens with zero attached hydrogens (tertiary/aromatic N) is 2. The molecule has 0 radical (unpaired) electrons. The summed E-state index contributed by atoms with van der Waals surface area (Å²) in [7, 11) is -3.84. The summed E-state index contributed by atoms with van der Waals surface area (Å²) in [6.45, 7) is 4.11. The minimum Gasteiger partial charge on any atom is -0.481 e. The molecule has 7 nitrogen and oxygen atoms in total. The van der Waals surface area contributed by atoms with Crippen LogP contribution in [0.1, 0.15) is 25.0 Å². The molecule has 1 fully saturated rings. The van der Waals surface area contributed by atoms with Gasteiger partial charge in [0.15, 0.2) is 0 Å². The summed E-state index contributed by atoms with van der Waals surface area (Å²) in [5, 5.41) is 9.59. The van der Waals surface area contributed by atoms with Crippen LogP contribution in [0.25, 0.3) is 0 Å². The molecule has 1 aliphatic heterocycles. The number of halogens is 1. The fourth-order valence-corrected chi connectivity index (χ4v) is 5.99. The zero-order valence-corrected chi connectivity index (χ0v) is 18.9. The lowest BCUT2D eigenvalue weighted by atomic mass is 10.1. The van der Waals surface area contributed by atoms with E-state index in [4.69, 9.17) is 16.7 Å². The molecule has 3 rings (SSSR count). The molecule has 9 heteroatoms. The molecule has 1 aliphatic rings. The van der Waals surface area contributed by atoms with Crippen LogP contribution in [0.3, 0.4) is 0 Å². The first-order valence-corrected chi connectivity index (χ1v) is 11.8. The highest BCUT2D eigenvalue weighted by Crippen LogP contribution is 2.26. The molecule has 0 aliphatic carbocycles. The van der Waals surface area contributed by atoms with E-state index in [0.717, 1.165) is 5.56 Å². The fraction of sp³-hybridized carbons (Fsp3) is 0.364. The summed E-state index contributed by atoms with van der Waals surface area (Å²) < 4.78 is 28.0. The van der Waals surface area contributed by atoms with Crippen LogP contribution in [0, 0.1) is 0 Å². The van der Waals surface area contributed by atoms with Gasteiger partial charge in [-0.15, -0.1) is 0 Å². The Bertz CT molecular complexity index is 1060. The number of rotatable bonds is 6. The number of carbonyl (C=O) groups excluding carboxylic acids is 1. The van der Waals surface area contributed by atoms with Gasteiger partial charge in [-0.25, -0.2) is 8.42 Å². The zero-order chi connectivity index (χ0) is 22.8. The van der Waals surface area contributed by atoms with E-state index < -0.39 is 28.1 Å². The van der Waals surface area contributed by atoms with Crippen molar-refractivity contribution in [3.63, 3.8) is 0 Å². The third kappa shape index (κ3) is 5.44. The Morgan fingerprint density at radius 1 is 1.00 bits per heavy atom. The molecule has 2 unspecified atom stereocenters. The van der Waals surface area contributed by atoms with Gasteiger partial charge in [0.2, 0.25) is 15.9 Å². The number of carboxylic acids is 1. The normalized spacial score (nSPS) is 19.9. The van der Waals surface area contributed by atoms with Crippen molar-refractivity contribution in [3.8, 4) is 0 Å². The van der Waals surface area contributed by atoms with Crippen molar-refractivity contribution in [3.05, 3.63) is 64.7 Å². The van der Waals surface area contributed by atoms with Crippen LogP contribution in [-0.4, -0.2) is 59.8 Å². The quantitative estimate of drug-likeness (QED) is 0.709. The smallest absolute Gasteiger partial charge is 0.307 e. The van der Waals surface area contributed by atoms with E-state index in [1.807, 2.05) is 0 Å². The number of sulfonamides is 1. The largest absolute Gasteiger partial charge is 0.481 e. The van der Waals surface area contributed by atoms with Crippen LogP contribution < -0.4 is 0 Å². The Balaban J connectivity index is 1.75. The van der Waals surface area contributed by atoms with E-state index in [1.165, 1.54) is 16.4 Å². The molecule has 2 atom stereocenters. The first-order valence-electron chi connectivity index (χ1n) is 9.94. The van der Waals surface area contributed by atoms with Gasteiger partial charge in [-0.3, -0.25) is 9.59 Å². The summed E-state index contributed by atoms with van der Waals surface area (Å²) in [5.41, 5.74) is 1.27. The van der Waals surface area contributed by atoms with Gasteiger partial charge in [0.1, 0.15) is 0 Å². The monoisotopic (exact) mass is 464 g/mol. The maximum atomic E-state index is 13.3. The molecule has 2 aromatic rings. The second-order valence-corrected chi connectivity index (χ2v) is 10.1. The maximum absolute atomic E-state index is 13.3. The molecular formula is C22H25ClN2O5S. The van der Waals surface area contributed by atoms with E-state index in [0.29, 0.717) is 10.6 Å². The molecule has 166 valence electrons. The van der Waals surface area contributed by atoms with Gasteiger partial charge < -0.3 is 10.0 Å². The van der Waals surface area contributed by atoms with Gasteiger partial charge in [0.05, 0.1) is 17.7 Å². The summed E-state index contributed by atoms with van der Waals surface area (Å²) in [5.74, 6) is -1.09. The standard InChI is InChI=1S/C22H25ClN2O5S/c1-15-13-24(21(26)11-17-6-8-19(23)9-7-17)14-16(2)25(15)31(29,30)20-5-3-4-18(10-20)12-22(27)28/h3-10,15-16H,11-14H2,1-2H3,(H,27,28). The average molecular weight is 465 g/mol. The van der Waals surface area contributed by atoms with Gasteiger partial charge in [-0.05, 0) is 49.2 Å². The van der Waals surface area contributed by atoms with Crippen LogP contribution in [0.2, 0.25) is 5.02 Å². The van der Waals surface area contributed by atoms with Crippen LogP contribution in [0.5, 0.6) is 0 Å². The number of carbonyl (C=O) groups is 2. The van der Waals surface area contributed by atoms with Crippen LogP contribution in [-0.2, 0) is 32.5 Å². The number of amides is 1. The van der Waals surface area contributed by atoms with Gasteiger partial charge in [0.25, 0.3) is 0 Å². The summed E-state index contributed by atoms with van der Waals surface area (Å²) >= 11 is 5.89. The minimum atomic E-state index is -3.84. The summed E-state index contributed by atoms with van der Waals surface area (Å²) in [6.07, 6.45) is -0.0258. The molecule has 0 saturated carbocycles. The molecular weight excluding hydrogens is 440 g/mol. The molecule has 1 N–H and O–H groups in total. The maximum Gasteiger partial charge on any atom is 0.307 e. The van der Waals surface area contributed by atoms with Crippen LogP contribution in [0.15, 0.2) is 53.4 Å². The average Bonchev–Trinajstić information content (AvgIpc) is 2.68. The van der Waals surface area contributed by atoms with Crippen molar-refractivity contribution in [1.29, 1.82) is 0 Å². The molecule has 0 aromatic heterocycles. The molecule has 0 bridgehead atoms. The number of hydrogen-bond donors (Lipinski definition) is 1. The highest BCUT2D eigenvalue weighted by molar-refractivity contribution is 7.89. The number of benzene rings is 2. The Kier molecular flexibility index (Phi) is 7.03. The number of piperazine rings is 1. The zero-order valence-electron chi connectivity index (χ0n) is 17.4. The first-order chi connectivity index (χ1) is 14.6. The fourth-order valence-electron chi connectivity index (χ4n) is 3.99. The van der Waals surface area contributed by atoms with Crippen molar-refractivity contribution in [2.24, 2.45) is 0 Å². The highest BCUT2D eigenvalue weighted by atomic mass is 35.5. The molecule has 0 spiro atoms. The van der Waals surface area contributed by atoms with E-state index in [9.17, 15) is 18.0 Å². The van der Waals surface area contributed by atoms with Gasteiger partial charge in [-0.2, -0.15) is 4.31 Å². The first kappa shape index (κ1) is 23.2. The Morgan fingerprint density at radius 3 is 2.19 bits per heavy atom. The van der Waals surface area contributed by atoms with Crippen molar-refractivity contribution < 1.29 is 23.1 Å². The van der Waals surface area contributed by atoms with Crippen LogP contribution >= 0.6 is 11.6 Å². The van der Waals surface area contributed by atoms with E-state index in [1.54, 1.807) is 55.1 Å². The number of carboxylic acid groups (broad SMARTS) is 1. The third-order valence-electron chi connectivity index (χ3n) is 5.29. The van der Waals surface area contributed by atoms with Crippen LogP contribution in [0.4, 0.5) is 0 Å². The van der Waals surface area contributed by atoms with Gasteiger partial charge in [0, 0.05) is 30.2 Å². The minimum absolute atomic E-state index is 0.0610. The topological polar surface area (TPSA) is 95.0 Å². The molecule has 31 heavy (non-hydrogen) atoms. The molecule has 1 heterocycles. The van der Waals surface area contributed by atoms with Gasteiger partial charge >= 0.3 is 5.97 Å². The predicted octanol–water partition coefficient (Wildman–Crippen LogP) is 2.82. The summed E-state index contributed by atoms with van der Waals surface area (Å²) in [6, 6.07) is 12.2. The second-order valence-electron chi connectivity index (χ2n) is 7.85. The van der Waals surface area contributed by atoms with E-state index in [-0.39, 0.29) is 36.7 Å². The molecule has 1 amide bonds. The molecule has 1 saturated heterocycles. The van der Waals surface area contributed by atoms with Crippen molar-refractivity contribution in [2.75, 3.05) is 13.1 Å². The van der Waals surface area contributed by atoms with E-state index in [2.05, 4.69) is 0 Å². The Labute approximate surface area is 187 Å². The third-order valence-corrected chi connectivity index (χ3v) is 7.67. The second kappa shape index (κ2) is 9.38. The number of hydrogen-bond acceptors (Lipinski definition) is 4. The number of aliphatic carboxylic acids is 1. The van der Waals surface area contributed by atoms with Crippen molar-refractivity contribution >= 4 is 33.5 Å². The summed E-state index contributed by atoms with van der Waals surface area (Å²) in [4.78, 5) is 25.5. The molecule has 2 aromatic carbocycles. The van der Waals surface area contributed by atoms with E-state index >= 15 is 0 Å². The van der Waals surface area contributed by atoms with Crippen molar-refractivity contribution in [1.82, 2.24) is 9.21 Å². The SMILES string of the molecule is CC1CN(C(=O)Cc2ccc(Cl)cc2)CC(C)N1S(=O)(=O)c1cccc(CC(=O)O)c1. The lowest BCUT2D eigenvalue weighted by molar-refractivity contribution is -0.136.